The van der Waals surface area contributed by atoms with Crippen molar-refractivity contribution in [2.75, 3.05) is 20.2 Å². The van der Waals surface area contributed by atoms with Crippen LogP contribution in [0.1, 0.15) is 49.8 Å². The lowest BCUT2D eigenvalue weighted by Crippen LogP contribution is -2.34. The maximum Gasteiger partial charge on any atom is 0.123 e. The Bertz CT molecular complexity index is 417. The van der Waals surface area contributed by atoms with Crippen LogP contribution in [-0.2, 0) is 0 Å². The first-order valence-corrected chi connectivity index (χ1v) is 7.27. The van der Waals surface area contributed by atoms with Gasteiger partial charge in [-0.05, 0) is 49.4 Å². The fraction of sp³-hybridized carbons (Fsp3) is 0.625. The molecule has 1 atom stereocenters. The van der Waals surface area contributed by atoms with Gasteiger partial charge in [0.15, 0.2) is 0 Å². The Morgan fingerprint density at radius 1 is 1.25 bits per heavy atom. The molecule has 0 aliphatic carbocycles. The molecule has 1 aromatic rings. The summed E-state index contributed by atoms with van der Waals surface area (Å²) in [6.07, 6.45) is 2.30. The van der Waals surface area contributed by atoms with Crippen LogP contribution in [0, 0.1) is 5.92 Å². The van der Waals surface area contributed by atoms with Crippen LogP contribution in [0.2, 0.25) is 0 Å². The fourth-order valence-electron chi connectivity index (χ4n) is 2.83. The quantitative estimate of drug-likeness (QED) is 0.897. The summed E-state index contributed by atoms with van der Waals surface area (Å²) in [6.45, 7) is 6.57. The highest BCUT2D eigenvalue weighted by Gasteiger charge is 2.24. The Labute approximate surface area is 128 Å². The van der Waals surface area contributed by atoms with Crippen LogP contribution < -0.4 is 15.8 Å². The van der Waals surface area contributed by atoms with Crippen molar-refractivity contribution in [1.82, 2.24) is 5.32 Å². The second-order valence-electron chi connectivity index (χ2n) is 5.77. The lowest BCUT2D eigenvalue weighted by atomic mass is 9.85. The number of halogens is 1. The van der Waals surface area contributed by atoms with E-state index in [9.17, 15) is 0 Å². The molecule has 1 aromatic carbocycles. The molecule has 1 saturated heterocycles. The first-order valence-electron chi connectivity index (χ1n) is 7.27. The molecule has 3 N–H and O–H groups in total. The molecule has 1 aliphatic rings. The summed E-state index contributed by atoms with van der Waals surface area (Å²) < 4.78 is 5.50. The van der Waals surface area contributed by atoms with Gasteiger partial charge in [-0.2, -0.15) is 0 Å². The molecule has 0 amide bonds. The van der Waals surface area contributed by atoms with Crippen LogP contribution >= 0.6 is 12.4 Å². The van der Waals surface area contributed by atoms with Gasteiger partial charge >= 0.3 is 0 Å². The van der Waals surface area contributed by atoms with E-state index in [4.69, 9.17) is 10.5 Å². The van der Waals surface area contributed by atoms with Crippen molar-refractivity contribution >= 4 is 12.4 Å². The van der Waals surface area contributed by atoms with Gasteiger partial charge in [-0.25, -0.2) is 0 Å². The highest BCUT2D eigenvalue weighted by Crippen LogP contribution is 2.34. The zero-order valence-corrected chi connectivity index (χ0v) is 13.5. The number of hydrogen-bond donors (Lipinski definition) is 2. The molecule has 1 aliphatic heterocycles. The third-order valence-corrected chi connectivity index (χ3v) is 4.17. The molecule has 2 rings (SSSR count). The van der Waals surface area contributed by atoms with E-state index in [1.807, 2.05) is 0 Å². The Morgan fingerprint density at radius 3 is 2.45 bits per heavy atom. The Morgan fingerprint density at radius 2 is 1.90 bits per heavy atom. The minimum Gasteiger partial charge on any atom is -0.496 e. The van der Waals surface area contributed by atoms with Crippen molar-refractivity contribution in [3.8, 4) is 5.75 Å². The van der Waals surface area contributed by atoms with E-state index in [-0.39, 0.29) is 18.4 Å². The Hall–Kier alpha value is -0.770. The molecule has 3 nitrogen and oxygen atoms in total. The summed E-state index contributed by atoms with van der Waals surface area (Å²) in [5, 5.41) is 3.39. The number of nitrogens with one attached hydrogen (secondary N) is 1. The third-order valence-electron chi connectivity index (χ3n) is 4.17. The predicted octanol–water partition coefficient (Wildman–Crippen LogP) is 3.24. The highest BCUT2D eigenvalue weighted by molar-refractivity contribution is 5.85. The van der Waals surface area contributed by atoms with Crippen LogP contribution in [-0.4, -0.2) is 20.2 Å². The number of hydrogen-bond acceptors (Lipinski definition) is 3. The van der Waals surface area contributed by atoms with Gasteiger partial charge in [-0.15, -0.1) is 12.4 Å². The normalized spacial score (nSPS) is 17.6. The molecule has 0 bridgehead atoms. The number of benzene rings is 1. The average molecular weight is 299 g/mol. The van der Waals surface area contributed by atoms with Gasteiger partial charge in [0, 0.05) is 11.6 Å². The second-order valence-corrected chi connectivity index (χ2v) is 5.77. The molecule has 4 heteroatoms. The van der Waals surface area contributed by atoms with Crippen LogP contribution in [0.3, 0.4) is 0 Å². The van der Waals surface area contributed by atoms with E-state index in [0.29, 0.717) is 11.8 Å². The predicted molar refractivity (Wildman–Crippen MR) is 86.9 cm³/mol. The van der Waals surface area contributed by atoms with Crippen LogP contribution in [0.15, 0.2) is 18.2 Å². The molecular weight excluding hydrogens is 272 g/mol. The lowest BCUT2D eigenvalue weighted by Gasteiger charge is -2.29. The van der Waals surface area contributed by atoms with Gasteiger partial charge in [0.1, 0.15) is 5.75 Å². The molecule has 114 valence electrons. The van der Waals surface area contributed by atoms with E-state index in [2.05, 4.69) is 37.4 Å². The lowest BCUT2D eigenvalue weighted by molar-refractivity contribution is 0.313. The molecule has 1 fully saturated rings. The molecule has 0 radical (unpaired) electrons. The summed E-state index contributed by atoms with van der Waals surface area (Å²) in [4.78, 5) is 0. The zero-order valence-electron chi connectivity index (χ0n) is 12.7. The highest BCUT2D eigenvalue weighted by atomic mass is 35.5. The second kappa shape index (κ2) is 7.87. The fourth-order valence-corrected chi connectivity index (χ4v) is 2.83. The first-order chi connectivity index (χ1) is 9.13. The smallest absolute Gasteiger partial charge is 0.123 e. The van der Waals surface area contributed by atoms with E-state index in [1.54, 1.807) is 7.11 Å². The number of piperidine rings is 1. The number of ether oxygens (including phenoxy) is 1. The molecular formula is C16H27ClN2O. The zero-order chi connectivity index (χ0) is 13.8. The van der Waals surface area contributed by atoms with E-state index in [0.717, 1.165) is 31.7 Å². The maximum absolute atomic E-state index is 6.51. The average Bonchev–Trinajstić information content (AvgIpc) is 2.46. The van der Waals surface area contributed by atoms with Crippen LogP contribution in [0.4, 0.5) is 0 Å². The summed E-state index contributed by atoms with van der Waals surface area (Å²) in [7, 11) is 1.73. The third kappa shape index (κ3) is 3.87. The van der Waals surface area contributed by atoms with Crippen molar-refractivity contribution in [3.05, 3.63) is 29.3 Å². The molecule has 20 heavy (non-hydrogen) atoms. The molecule has 0 aromatic heterocycles. The Kier molecular flexibility index (Phi) is 6.80. The van der Waals surface area contributed by atoms with Gasteiger partial charge in [0.2, 0.25) is 0 Å². The van der Waals surface area contributed by atoms with Crippen molar-refractivity contribution in [2.45, 2.75) is 38.6 Å². The SMILES string of the molecule is COc1ccc(C(C)C)cc1[C@H](N)C1CCNCC1.Cl. The standard InChI is InChI=1S/C16H26N2O.ClH/c1-11(2)13-4-5-15(19-3)14(10-13)16(17)12-6-8-18-9-7-12;/h4-5,10-12,16,18H,6-9,17H2,1-3H3;1H/t16-;/m1./s1. The van der Waals surface area contributed by atoms with Crippen LogP contribution in [0.5, 0.6) is 5.75 Å². The van der Waals surface area contributed by atoms with Crippen molar-refractivity contribution in [1.29, 1.82) is 0 Å². The van der Waals surface area contributed by atoms with Crippen molar-refractivity contribution < 1.29 is 4.74 Å². The van der Waals surface area contributed by atoms with Gasteiger partial charge in [-0.3, -0.25) is 0 Å². The molecule has 0 spiro atoms. The van der Waals surface area contributed by atoms with Crippen molar-refractivity contribution in [2.24, 2.45) is 11.7 Å². The van der Waals surface area contributed by atoms with E-state index >= 15 is 0 Å². The number of methoxy groups -OCH3 is 1. The molecule has 0 unspecified atom stereocenters. The van der Waals surface area contributed by atoms with Gasteiger partial charge in [0.05, 0.1) is 7.11 Å². The van der Waals surface area contributed by atoms with E-state index in [1.165, 1.54) is 11.1 Å². The van der Waals surface area contributed by atoms with Gasteiger partial charge in [-0.1, -0.05) is 26.0 Å². The summed E-state index contributed by atoms with van der Waals surface area (Å²) in [5.74, 6) is 2.00. The number of nitrogens with two attached hydrogens (primary N) is 1. The largest absolute Gasteiger partial charge is 0.496 e. The van der Waals surface area contributed by atoms with Gasteiger partial charge in [0.25, 0.3) is 0 Å². The summed E-state index contributed by atoms with van der Waals surface area (Å²) >= 11 is 0. The summed E-state index contributed by atoms with van der Waals surface area (Å²) in [5.41, 5.74) is 9.01. The molecule has 0 saturated carbocycles. The first kappa shape index (κ1) is 17.3. The topological polar surface area (TPSA) is 47.3 Å². The maximum atomic E-state index is 6.51. The minimum atomic E-state index is 0. The van der Waals surface area contributed by atoms with E-state index < -0.39 is 0 Å². The minimum absolute atomic E-state index is 0. The summed E-state index contributed by atoms with van der Waals surface area (Å²) in [6, 6.07) is 6.51. The monoisotopic (exact) mass is 298 g/mol. The molecule has 1 heterocycles. The Balaban J connectivity index is 0.00000200. The van der Waals surface area contributed by atoms with Crippen LogP contribution in [0.25, 0.3) is 0 Å². The van der Waals surface area contributed by atoms with Crippen molar-refractivity contribution in [3.63, 3.8) is 0 Å². The van der Waals surface area contributed by atoms with Gasteiger partial charge < -0.3 is 15.8 Å². The number of rotatable bonds is 4.